The average Bonchev–Trinajstić information content (AvgIpc) is 2.46. The van der Waals surface area contributed by atoms with Crippen LogP contribution in [0.4, 0.5) is 11.4 Å². The summed E-state index contributed by atoms with van der Waals surface area (Å²) in [6.07, 6.45) is 0. The zero-order valence-corrected chi connectivity index (χ0v) is 14.9. The Morgan fingerprint density at radius 3 is 2.52 bits per heavy atom. The SMILES string of the molecule is COc1ccc(NS(=O)(=O)c2cccc(Br)c2)cc1NC(C)=O. The van der Waals surface area contributed by atoms with E-state index in [2.05, 4.69) is 26.0 Å². The molecule has 6 nitrogen and oxygen atoms in total. The molecule has 0 saturated carbocycles. The summed E-state index contributed by atoms with van der Waals surface area (Å²) in [5, 5.41) is 2.59. The van der Waals surface area contributed by atoms with Gasteiger partial charge in [-0.05, 0) is 36.4 Å². The summed E-state index contributed by atoms with van der Waals surface area (Å²) in [4.78, 5) is 11.4. The summed E-state index contributed by atoms with van der Waals surface area (Å²) in [6, 6.07) is 11.0. The topological polar surface area (TPSA) is 84.5 Å². The number of benzene rings is 2. The van der Waals surface area contributed by atoms with Gasteiger partial charge in [-0.25, -0.2) is 8.42 Å². The number of amides is 1. The third kappa shape index (κ3) is 4.46. The molecule has 0 aliphatic heterocycles. The summed E-state index contributed by atoms with van der Waals surface area (Å²) >= 11 is 3.24. The van der Waals surface area contributed by atoms with Gasteiger partial charge in [0.25, 0.3) is 10.0 Å². The summed E-state index contributed by atoms with van der Waals surface area (Å²) in [7, 11) is -2.27. The lowest BCUT2D eigenvalue weighted by Gasteiger charge is -2.13. The van der Waals surface area contributed by atoms with E-state index < -0.39 is 10.0 Å². The first-order valence-electron chi connectivity index (χ1n) is 6.56. The second-order valence-corrected chi connectivity index (χ2v) is 7.26. The van der Waals surface area contributed by atoms with Gasteiger partial charge in [0.15, 0.2) is 0 Å². The number of ether oxygens (including phenoxy) is 1. The van der Waals surface area contributed by atoms with Crippen molar-refractivity contribution in [1.82, 2.24) is 0 Å². The maximum atomic E-state index is 12.4. The highest BCUT2D eigenvalue weighted by Crippen LogP contribution is 2.29. The minimum atomic E-state index is -3.73. The Morgan fingerprint density at radius 1 is 1.17 bits per heavy atom. The minimum absolute atomic E-state index is 0.128. The number of anilines is 2. The molecule has 0 bridgehead atoms. The second-order valence-electron chi connectivity index (χ2n) is 4.66. The van der Waals surface area contributed by atoms with Crippen LogP contribution in [0.1, 0.15) is 6.92 Å². The lowest BCUT2D eigenvalue weighted by Crippen LogP contribution is -2.14. The third-order valence-corrected chi connectivity index (χ3v) is 4.74. The molecule has 2 rings (SSSR count). The van der Waals surface area contributed by atoms with E-state index in [9.17, 15) is 13.2 Å². The van der Waals surface area contributed by atoms with Crippen molar-refractivity contribution in [3.05, 3.63) is 46.9 Å². The van der Waals surface area contributed by atoms with Crippen LogP contribution in [-0.2, 0) is 14.8 Å². The lowest BCUT2D eigenvalue weighted by molar-refractivity contribution is -0.114. The van der Waals surface area contributed by atoms with E-state index in [1.165, 1.54) is 32.2 Å². The Morgan fingerprint density at radius 2 is 1.91 bits per heavy atom. The fourth-order valence-electron chi connectivity index (χ4n) is 1.91. The molecule has 0 aromatic heterocycles. The number of hydrogen-bond donors (Lipinski definition) is 2. The number of halogens is 1. The zero-order chi connectivity index (χ0) is 17.0. The molecule has 0 aliphatic carbocycles. The van der Waals surface area contributed by atoms with Crippen molar-refractivity contribution in [1.29, 1.82) is 0 Å². The van der Waals surface area contributed by atoms with E-state index >= 15 is 0 Å². The standard InChI is InChI=1S/C15H15BrN2O4S/c1-10(19)17-14-9-12(6-7-15(14)22-2)18-23(20,21)13-5-3-4-11(16)8-13/h3-9,18H,1-2H3,(H,17,19). The Bertz CT molecular complexity index is 837. The Balaban J connectivity index is 2.34. The van der Waals surface area contributed by atoms with Crippen molar-refractivity contribution in [3.8, 4) is 5.75 Å². The molecule has 8 heteroatoms. The van der Waals surface area contributed by atoms with Crippen molar-refractivity contribution >= 4 is 43.2 Å². The highest BCUT2D eigenvalue weighted by molar-refractivity contribution is 9.10. The van der Waals surface area contributed by atoms with Gasteiger partial charge in [-0.1, -0.05) is 22.0 Å². The summed E-state index contributed by atoms with van der Waals surface area (Å²) in [6.45, 7) is 1.36. The fourth-order valence-corrected chi connectivity index (χ4v) is 3.55. The van der Waals surface area contributed by atoms with Gasteiger partial charge in [-0.15, -0.1) is 0 Å². The normalized spacial score (nSPS) is 10.9. The number of carbonyl (C=O) groups is 1. The maximum absolute atomic E-state index is 12.4. The molecule has 0 atom stereocenters. The van der Waals surface area contributed by atoms with Crippen molar-refractivity contribution in [3.63, 3.8) is 0 Å². The van der Waals surface area contributed by atoms with Gasteiger partial charge >= 0.3 is 0 Å². The molecule has 0 heterocycles. The fraction of sp³-hybridized carbons (Fsp3) is 0.133. The Hall–Kier alpha value is -2.06. The van der Waals surface area contributed by atoms with Crippen LogP contribution in [-0.4, -0.2) is 21.4 Å². The average molecular weight is 399 g/mol. The van der Waals surface area contributed by atoms with Gasteiger partial charge in [-0.3, -0.25) is 9.52 Å². The van der Waals surface area contributed by atoms with Crippen LogP contribution in [0.3, 0.4) is 0 Å². The second kappa shape index (κ2) is 7.01. The summed E-state index contributed by atoms with van der Waals surface area (Å²) in [5.41, 5.74) is 0.698. The highest BCUT2D eigenvalue weighted by atomic mass is 79.9. The van der Waals surface area contributed by atoms with Crippen LogP contribution in [0.5, 0.6) is 5.75 Å². The molecule has 0 radical (unpaired) electrons. The first kappa shape index (κ1) is 17.3. The molecule has 0 fully saturated rings. The van der Waals surface area contributed by atoms with Gasteiger partial charge in [0.2, 0.25) is 5.91 Å². The van der Waals surface area contributed by atoms with Gasteiger partial charge in [-0.2, -0.15) is 0 Å². The molecular weight excluding hydrogens is 384 g/mol. The first-order chi connectivity index (χ1) is 10.8. The largest absolute Gasteiger partial charge is 0.495 e. The number of carbonyl (C=O) groups excluding carboxylic acids is 1. The highest BCUT2D eigenvalue weighted by Gasteiger charge is 2.15. The van der Waals surface area contributed by atoms with E-state index in [-0.39, 0.29) is 10.8 Å². The Labute approximate surface area is 143 Å². The smallest absolute Gasteiger partial charge is 0.261 e. The quantitative estimate of drug-likeness (QED) is 0.809. The molecule has 122 valence electrons. The van der Waals surface area contributed by atoms with Gasteiger partial charge < -0.3 is 10.1 Å². The number of nitrogens with one attached hydrogen (secondary N) is 2. The van der Waals surface area contributed by atoms with Crippen LogP contribution in [0.2, 0.25) is 0 Å². The van der Waals surface area contributed by atoms with E-state index in [1.54, 1.807) is 24.3 Å². The molecule has 0 saturated heterocycles. The third-order valence-electron chi connectivity index (χ3n) is 2.87. The number of sulfonamides is 1. The van der Waals surface area contributed by atoms with Crippen molar-refractivity contribution in [2.75, 3.05) is 17.1 Å². The lowest BCUT2D eigenvalue weighted by atomic mass is 10.2. The molecule has 0 spiro atoms. The van der Waals surface area contributed by atoms with Crippen LogP contribution >= 0.6 is 15.9 Å². The van der Waals surface area contributed by atoms with E-state index in [4.69, 9.17) is 4.74 Å². The van der Waals surface area contributed by atoms with Crippen LogP contribution in [0, 0.1) is 0 Å². The number of hydrogen-bond acceptors (Lipinski definition) is 4. The first-order valence-corrected chi connectivity index (χ1v) is 8.83. The maximum Gasteiger partial charge on any atom is 0.261 e. The monoisotopic (exact) mass is 398 g/mol. The molecule has 0 unspecified atom stereocenters. The van der Waals surface area contributed by atoms with Gasteiger partial charge in [0.1, 0.15) is 5.75 Å². The predicted octanol–water partition coefficient (Wildman–Crippen LogP) is 3.22. The van der Waals surface area contributed by atoms with Crippen LogP contribution in [0.15, 0.2) is 51.8 Å². The van der Waals surface area contributed by atoms with Gasteiger partial charge in [0.05, 0.1) is 23.4 Å². The summed E-state index contributed by atoms with van der Waals surface area (Å²) in [5.74, 6) is 0.154. The number of rotatable bonds is 5. The molecule has 2 aromatic carbocycles. The van der Waals surface area contributed by atoms with Crippen LogP contribution < -0.4 is 14.8 Å². The minimum Gasteiger partial charge on any atom is -0.495 e. The van der Waals surface area contributed by atoms with Crippen molar-refractivity contribution in [2.24, 2.45) is 0 Å². The molecule has 2 aromatic rings. The molecule has 2 N–H and O–H groups in total. The van der Waals surface area contributed by atoms with E-state index in [0.717, 1.165) is 0 Å². The summed E-state index contributed by atoms with van der Waals surface area (Å²) < 4.78 is 33.0. The predicted molar refractivity (Wildman–Crippen MR) is 92.2 cm³/mol. The van der Waals surface area contributed by atoms with Crippen molar-refractivity contribution in [2.45, 2.75) is 11.8 Å². The molecule has 1 amide bonds. The number of methoxy groups -OCH3 is 1. The van der Waals surface area contributed by atoms with Crippen molar-refractivity contribution < 1.29 is 17.9 Å². The van der Waals surface area contributed by atoms with E-state index in [1.807, 2.05) is 0 Å². The molecule has 0 aliphatic rings. The Kier molecular flexibility index (Phi) is 5.27. The molecule has 23 heavy (non-hydrogen) atoms. The molecular formula is C15H15BrN2O4S. The zero-order valence-electron chi connectivity index (χ0n) is 12.5. The van der Waals surface area contributed by atoms with Crippen LogP contribution in [0.25, 0.3) is 0 Å². The van der Waals surface area contributed by atoms with E-state index in [0.29, 0.717) is 21.6 Å². The van der Waals surface area contributed by atoms with Gasteiger partial charge in [0, 0.05) is 11.4 Å².